The minimum absolute atomic E-state index is 0.0300. The molecule has 0 spiro atoms. The number of carbonyl (C=O) groups excluding carboxylic acids is 2. The van der Waals surface area contributed by atoms with Crippen molar-refractivity contribution in [3.05, 3.63) is 42.7 Å². The summed E-state index contributed by atoms with van der Waals surface area (Å²) in [5.74, 6) is -0.621. The van der Waals surface area contributed by atoms with Crippen molar-refractivity contribution in [3.8, 4) is 0 Å². The van der Waals surface area contributed by atoms with Crippen LogP contribution >= 0.6 is 11.8 Å². The summed E-state index contributed by atoms with van der Waals surface area (Å²) in [6, 6.07) is 7.72. The van der Waals surface area contributed by atoms with E-state index in [0.29, 0.717) is 5.82 Å². The van der Waals surface area contributed by atoms with Gasteiger partial charge in [-0.2, -0.15) is 0 Å². The number of aromatic nitrogens is 2. The van der Waals surface area contributed by atoms with Gasteiger partial charge in [-0.1, -0.05) is 24.8 Å². The van der Waals surface area contributed by atoms with Crippen molar-refractivity contribution in [2.45, 2.75) is 35.4 Å². The lowest BCUT2D eigenvalue weighted by atomic mass is 9.79. The van der Waals surface area contributed by atoms with Crippen LogP contribution in [-0.4, -0.2) is 60.3 Å². The first-order chi connectivity index (χ1) is 13.3. The lowest BCUT2D eigenvalue weighted by Gasteiger charge is -2.49. The average molecular weight is 401 g/mol. The van der Waals surface area contributed by atoms with Gasteiger partial charge in [-0.15, -0.1) is 11.8 Å². The summed E-state index contributed by atoms with van der Waals surface area (Å²) in [5, 5.41) is 9.94. The SMILES string of the molecule is C=CCOC(=O)[C@]1(CO)N2C(=O)C(c3nc4ccccc4n3C)[C@H]2SC1(C)C. The Morgan fingerprint density at radius 3 is 2.79 bits per heavy atom. The van der Waals surface area contributed by atoms with Gasteiger partial charge in [0.2, 0.25) is 5.91 Å². The van der Waals surface area contributed by atoms with Gasteiger partial charge in [-0.3, -0.25) is 4.79 Å². The van der Waals surface area contributed by atoms with Crippen LogP contribution in [0.25, 0.3) is 11.0 Å². The van der Waals surface area contributed by atoms with E-state index in [1.807, 2.05) is 49.7 Å². The molecule has 0 aliphatic carbocycles. The Labute approximate surface area is 167 Å². The van der Waals surface area contributed by atoms with E-state index in [9.17, 15) is 14.7 Å². The van der Waals surface area contributed by atoms with Crippen molar-refractivity contribution in [1.29, 1.82) is 0 Å². The number of rotatable bonds is 5. The smallest absolute Gasteiger partial charge is 0.336 e. The van der Waals surface area contributed by atoms with Crippen molar-refractivity contribution in [3.63, 3.8) is 0 Å². The second-order valence-corrected chi connectivity index (χ2v) is 9.37. The molecule has 2 saturated heterocycles. The molecule has 7 nitrogen and oxygen atoms in total. The van der Waals surface area contributed by atoms with Crippen molar-refractivity contribution < 1.29 is 19.4 Å². The second-order valence-electron chi connectivity index (χ2n) is 7.63. The number of aryl methyl sites for hydroxylation is 1. The minimum atomic E-state index is -1.43. The molecule has 148 valence electrons. The lowest BCUT2D eigenvalue weighted by molar-refractivity contribution is -0.177. The third-order valence-corrected chi connectivity index (χ3v) is 7.52. The normalized spacial score (nSPS) is 28.1. The minimum Gasteiger partial charge on any atom is -0.460 e. The van der Waals surface area contributed by atoms with E-state index < -0.39 is 28.8 Å². The molecule has 8 heteroatoms. The molecule has 0 bridgehead atoms. The molecule has 3 heterocycles. The number of β-lactam (4-membered cyclic amide) rings is 1. The van der Waals surface area contributed by atoms with Gasteiger partial charge in [0.25, 0.3) is 0 Å². The van der Waals surface area contributed by atoms with Crippen LogP contribution in [0.15, 0.2) is 36.9 Å². The van der Waals surface area contributed by atoms with E-state index in [2.05, 4.69) is 11.6 Å². The fraction of sp³-hybridized carbons (Fsp3) is 0.450. The quantitative estimate of drug-likeness (QED) is 0.467. The fourth-order valence-electron chi connectivity index (χ4n) is 4.29. The first-order valence-corrected chi connectivity index (χ1v) is 9.99. The predicted molar refractivity (Wildman–Crippen MR) is 107 cm³/mol. The van der Waals surface area contributed by atoms with Crippen molar-refractivity contribution in [1.82, 2.24) is 14.5 Å². The third kappa shape index (κ3) is 2.24. The van der Waals surface area contributed by atoms with Crippen LogP contribution in [0.2, 0.25) is 0 Å². The van der Waals surface area contributed by atoms with Gasteiger partial charge in [0, 0.05) is 11.8 Å². The monoisotopic (exact) mass is 401 g/mol. The molecule has 1 unspecified atom stereocenters. The summed E-state index contributed by atoms with van der Waals surface area (Å²) >= 11 is 1.50. The summed E-state index contributed by atoms with van der Waals surface area (Å²) < 4.78 is 6.48. The molecule has 0 saturated carbocycles. The predicted octanol–water partition coefficient (Wildman–Crippen LogP) is 1.81. The number of carbonyl (C=O) groups is 2. The van der Waals surface area contributed by atoms with E-state index in [-0.39, 0.29) is 17.9 Å². The molecule has 2 fully saturated rings. The number of para-hydroxylation sites is 2. The number of nitrogens with zero attached hydrogens (tertiary/aromatic N) is 3. The first-order valence-electron chi connectivity index (χ1n) is 9.11. The Balaban J connectivity index is 1.75. The summed E-state index contributed by atoms with van der Waals surface area (Å²) in [7, 11) is 1.89. The maximum atomic E-state index is 13.2. The maximum absolute atomic E-state index is 13.2. The van der Waals surface area contributed by atoms with Gasteiger partial charge in [-0.25, -0.2) is 9.78 Å². The highest BCUT2D eigenvalue weighted by Crippen LogP contribution is 2.61. The van der Waals surface area contributed by atoms with Gasteiger partial charge >= 0.3 is 5.97 Å². The number of amides is 1. The molecule has 1 aromatic carbocycles. The number of hydrogen-bond acceptors (Lipinski definition) is 6. The topological polar surface area (TPSA) is 84.7 Å². The molecule has 1 aromatic heterocycles. The van der Waals surface area contributed by atoms with Crippen LogP contribution < -0.4 is 0 Å². The highest BCUT2D eigenvalue weighted by molar-refractivity contribution is 8.01. The van der Waals surface area contributed by atoms with E-state index in [0.717, 1.165) is 11.0 Å². The molecule has 0 radical (unpaired) electrons. The number of aliphatic hydroxyl groups is 1. The number of fused-ring (bicyclic) bond motifs is 2. The summed E-state index contributed by atoms with van der Waals surface area (Å²) in [6.45, 7) is 6.81. The number of hydrogen-bond donors (Lipinski definition) is 1. The molecule has 3 atom stereocenters. The maximum Gasteiger partial charge on any atom is 0.336 e. The molecule has 1 amide bonds. The largest absolute Gasteiger partial charge is 0.460 e. The van der Waals surface area contributed by atoms with Gasteiger partial charge < -0.3 is 19.3 Å². The highest BCUT2D eigenvalue weighted by Gasteiger charge is 2.73. The van der Waals surface area contributed by atoms with Gasteiger partial charge in [0.15, 0.2) is 5.54 Å². The van der Waals surface area contributed by atoms with Crippen LogP contribution in [-0.2, 0) is 21.4 Å². The highest BCUT2D eigenvalue weighted by atomic mass is 32.2. The molecular formula is C20H23N3O4S. The average Bonchev–Trinajstić information content (AvgIpc) is 3.10. The molecule has 4 rings (SSSR count). The Kier molecular flexibility index (Phi) is 4.31. The number of thioether (sulfide) groups is 1. The van der Waals surface area contributed by atoms with Gasteiger partial charge in [-0.05, 0) is 26.0 Å². The number of esters is 1. The van der Waals surface area contributed by atoms with E-state index in [1.165, 1.54) is 22.7 Å². The lowest BCUT2D eigenvalue weighted by Crippen LogP contribution is -2.71. The third-order valence-electron chi connectivity index (χ3n) is 5.86. The van der Waals surface area contributed by atoms with Gasteiger partial charge in [0.05, 0.1) is 23.0 Å². The van der Waals surface area contributed by atoms with Crippen molar-refractivity contribution in [2.24, 2.45) is 7.05 Å². The summed E-state index contributed by atoms with van der Waals surface area (Å²) in [5.41, 5.74) is 0.348. The summed E-state index contributed by atoms with van der Waals surface area (Å²) in [4.78, 5) is 32.3. The first kappa shape index (κ1) is 19.0. The van der Waals surface area contributed by atoms with Gasteiger partial charge in [0.1, 0.15) is 18.3 Å². The van der Waals surface area contributed by atoms with E-state index in [1.54, 1.807) is 0 Å². The van der Waals surface area contributed by atoms with Crippen LogP contribution in [0.3, 0.4) is 0 Å². The van der Waals surface area contributed by atoms with Crippen LogP contribution in [0.5, 0.6) is 0 Å². The van der Waals surface area contributed by atoms with E-state index in [4.69, 9.17) is 4.74 Å². The molecule has 2 aliphatic heterocycles. The zero-order chi connectivity index (χ0) is 20.3. The van der Waals surface area contributed by atoms with Crippen LogP contribution in [0.4, 0.5) is 0 Å². The standard InChI is InChI=1S/C20H23N3O4S/c1-5-10-27-18(26)20(11-24)19(2,3)28-17-14(16(25)23(17)20)15-21-12-8-6-7-9-13(12)22(15)4/h5-9,14,17,24H,1,10-11H2,2-4H3/t14?,17-,20+/m1/s1. The number of imidazole rings is 1. The Bertz CT molecular complexity index is 985. The number of ether oxygens (including phenoxy) is 1. The Morgan fingerprint density at radius 2 is 2.14 bits per heavy atom. The Hall–Kier alpha value is -2.32. The molecule has 28 heavy (non-hydrogen) atoms. The fourth-order valence-corrected chi connectivity index (χ4v) is 6.10. The number of benzene rings is 1. The zero-order valence-corrected chi connectivity index (χ0v) is 16.9. The van der Waals surface area contributed by atoms with Crippen LogP contribution in [0, 0.1) is 0 Å². The van der Waals surface area contributed by atoms with Crippen molar-refractivity contribution in [2.75, 3.05) is 13.2 Å². The number of aliphatic hydroxyl groups excluding tert-OH is 1. The summed E-state index contributed by atoms with van der Waals surface area (Å²) in [6.07, 6.45) is 1.47. The molecule has 1 N–H and O–H groups in total. The molecule has 2 aliphatic rings. The molecular weight excluding hydrogens is 378 g/mol. The van der Waals surface area contributed by atoms with Crippen molar-refractivity contribution >= 4 is 34.7 Å². The van der Waals surface area contributed by atoms with Crippen LogP contribution in [0.1, 0.15) is 25.6 Å². The second kappa shape index (κ2) is 6.35. The Morgan fingerprint density at radius 1 is 1.43 bits per heavy atom. The van der Waals surface area contributed by atoms with E-state index >= 15 is 0 Å². The zero-order valence-electron chi connectivity index (χ0n) is 16.1. The molecule has 2 aromatic rings.